The molecule has 0 saturated heterocycles. The normalized spacial score (nSPS) is 19.6. The van der Waals surface area contributed by atoms with Crippen LogP contribution in [-0.2, 0) is 17.6 Å². The zero-order chi connectivity index (χ0) is 21.9. The van der Waals surface area contributed by atoms with E-state index in [0.717, 1.165) is 24.7 Å². The fourth-order valence-electron chi connectivity index (χ4n) is 4.84. The van der Waals surface area contributed by atoms with Crippen LogP contribution < -0.4 is 0 Å². The van der Waals surface area contributed by atoms with Crippen molar-refractivity contribution in [2.24, 2.45) is 5.92 Å². The van der Waals surface area contributed by atoms with Gasteiger partial charge in [0.2, 0.25) is 0 Å². The van der Waals surface area contributed by atoms with E-state index in [1.165, 1.54) is 67.2 Å². The highest BCUT2D eigenvalue weighted by molar-refractivity contribution is 5.27. The minimum atomic E-state index is 0.173. The van der Waals surface area contributed by atoms with Gasteiger partial charge in [-0.15, -0.1) is 13.2 Å². The predicted octanol–water partition coefficient (Wildman–Crippen LogP) is 8.37. The Labute approximate surface area is 190 Å². The fourth-order valence-corrected chi connectivity index (χ4v) is 4.84. The molecule has 1 atom stereocenters. The number of unbranched alkanes of at least 4 members (excludes halogenated alkanes) is 1. The van der Waals surface area contributed by atoms with Crippen molar-refractivity contribution in [3.63, 3.8) is 0 Å². The Kier molecular flexibility index (Phi) is 9.62. The average Bonchev–Trinajstić information content (AvgIpc) is 2.83. The molecule has 1 heteroatoms. The molecule has 0 aromatic heterocycles. The lowest BCUT2D eigenvalue weighted by atomic mass is 9.78. The molecule has 2 aromatic carbocycles. The van der Waals surface area contributed by atoms with E-state index in [0.29, 0.717) is 6.61 Å². The lowest BCUT2D eigenvalue weighted by molar-refractivity contribution is 0.0714. The summed E-state index contributed by atoms with van der Waals surface area (Å²) in [6.45, 7) is 10.5. The summed E-state index contributed by atoms with van der Waals surface area (Å²) in [5.74, 6) is 1.49. The van der Waals surface area contributed by atoms with Crippen molar-refractivity contribution in [3.8, 4) is 0 Å². The molecule has 1 nitrogen and oxygen atoms in total. The maximum Gasteiger partial charge on any atom is 0.0826 e. The Morgan fingerprint density at radius 1 is 0.871 bits per heavy atom. The molecular formula is C30H40O. The van der Waals surface area contributed by atoms with Gasteiger partial charge in [0, 0.05) is 0 Å². The highest BCUT2D eigenvalue weighted by Crippen LogP contribution is 2.36. The van der Waals surface area contributed by atoms with Gasteiger partial charge in [-0.1, -0.05) is 67.6 Å². The van der Waals surface area contributed by atoms with Gasteiger partial charge in [0.1, 0.15) is 0 Å². The van der Waals surface area contributed by atoms with E-state index in [2.05, 4.69) is 74.7 Å². The van der Waals surface area contributed by atoms with Crippen LogP contribution in [0.2, 0.25) is 0 Å². The number of aryl methyl sites for hydroxylation is 2. The number of hydrogen-bond donors (Lipinski definition) is 0. The Bertz CT molecular complexity index is 778. The lowest BCUT2D eigenvalue weighted by Gasteiger charge is -2.27. The quantitative estimate of drug-likeness (QED) is 0.249. The molecule has 0 spiro atoms. The molecule has 1 aliphatic carbocycles. The summed E-state index contributed by atoms with van der Waals surface area (Å²) in [6.07, 6.45) is 15.2. The van der Waals surface area contributed by atoms with Gasteiger partial charge < -0.3 is 4.74 Å². The maximum absolute atomic E-state index is 5.85. The van der Waals surface area contributed by atoms with E-state index in [4.69, 9.17) is 4.74 Å². The standard InChI is InChI=1S/C30H40O/c1-4-23-31-30(6-3)29-21-15-26(16-22-29)10-8-7-9-25-13-19-28(20-14-25)27-17-11-24(5-2)12-18-27/h4-5,13-16,19-22,24,27,30H,1-2,6-12,17-18,23H2,3H3/t24-,27-,30?. The van der Waals surface area contributed by atoms with E-state index >= 15 is 0 Å². The highest BCUT2D eigenvalue weighted by Gasteiger charge is 2.20. The van der Waals surface area contributed by atoms with Crippen molar-refractivity contribution < 1.29 is 4.74 Å². The van der Waals surface area contributed by atoms with Crippen LogP contribution in [0.5, 0.6) is 0 Å². The summed E-state index contributed by atoms with van der Waals surface area (Å²) in [6, 6.07) is 18.5. The van der Waals surface area contributed by atoms with Crippen LogP contribution in [0.3, 0.4) is 0 Å². The first kappa shape index (κ1) is 23.5. The second-order valence-electron chi connectivity index (χ2n) is 9.06. The van der Waals surface area contributed by atoms with E-state index in [-0.39, 0.29) is 6.10 Å². The van der Waals surface area contributed by atoms with Crippen molar-refractivity contribution in [3.05, 3.63) is 96.1 Å². The van der Waals surface area contributed by atoms with Crippen molar-refractivity contribution in [2.75, 3.05) is 6.61 Å². The molecule has 1 aliphatic rings. The highest BCUT2D eigenvalue weighted by atomic mass is 16.5. The lowest BCUT2D eigenvalue weighted by Crippen LogP contribution is -2.11. The largest absolute Gasteiger partial charge is 0.370 e. The van der Waals surface area contributed by atoms with Crippen molar-refractivity contribution in [1.29, 1.82) is 0 Å². The van der Waals surface area contributed by atoms with E-state index in [9.17, 15) is 0 Å². The van der Waals surface area contributed by atoms with Crippen LogP contribution in [0.25, 0.3) is 0 Å². The molecule has 31 heavy (non-hydrogen) atoms. The molecular weight excluding hydrogens is 376 g/mol. The second kappa shape index (κ2) is 12.7. The molecule has 0 N–H and O–H groups in total. The van der Waals surface area contributed by atoms with Gasteiger partial charge >= 0.3 is 0 Å². The molecule has 0 bridgehead atoms. The van der Waals surface area contributed by atoms with Crippen molar-refractivity contribution in [2.45, 2.75) is 76.7 Å². The fraction of sp³-hybridized carbons (Fsp3) is 0.467. The molecule has 0 radical (unpaired) electrons. The van der Waals surface area contributed by atoms with Gasteiger partial charge in [0.05, 0.1) is 12.7 Å². The van der Waals surface area contributed by atoms with Crippen molar-refractivity contribution >= 4 is 0 Å². The van der Waals surface area contributed by atoms with E-state index < -0.39 is 0 Å². The average molecular weight is 417 g/mol. The van der Waals surface area contributed by atoms with Crippen LogP contribution in [-0.4, -0.2) is 6.61 Å². The number of ether oxygens (including phenoxy) is 1. The molecule has 0 heterocycles. The Hall–Kier alpha value is -2.12. The van der Waals surface area contributed by atoms with Crippen molar-refractivity contribution in [1.82, 2.24) is 0 Å². The Morgan fingerprint density at radius 3 is 1.97 bits per heavy atom. The minimum absolute atomic E-state index is 0.173. The summed E-state index contributed by atoms with van der Waals surface area (Å²) in [7, 11) is 0. The molecule has 1 fully saturated rings. The van der Waals surface area contributed by atoms with E-state index in [1.807, 2.05) is 6.08 Å². The van der Waals surface area contributed by atoms with Gasteiger partial charge in [0.25, 0.3) is 0 Å². The summed E-state index contributed by atoms with van der Waals surface area (Å²) in [5, 5.41) is 0. The monoisotopic (exact) mass is 416 g/mol. The SMILES string of the molecule is C=CCOC(CC)c1ccc(CCCCc2ccc([C@H]3CC[C@H](C=C)CC3)cc2)cc1. The summed E-state index contributed by atoms with van der Waals surface area (Å²) >= 11 is 0. The van der Waals surface area contributed by atoms with Crippen LogP contribution in [0.15, 0.2) is 73.8 Å². The Morgan fingerprint density at radius 2 is 1.45 bits per heavy atom. The molecule has 166 valence electrons. The number of rotatable bonds is 12. The molecule has 0 aliphatic heterocycles. The zero-order valence-corrected chi connectivity index (χ0v) is 19.4. The van der Waals surface area contributed by atoms with Gasteiger partial charge in [-0.2, -0.15) is 0 Å². The summed E-state index contributed by atoms with van der Waals surface area (Å²) in [4.78, 5) is 0. The smallest absolute Gasteiger partial charge is 0.0826 e. The molecule has 2 aromatic rings. The molecule has 1 saturated carbocycles. The van der Waals surface area contributed by atoms with E-state index in [1.54, 1.807) is 0 Å². The van der Waals surface area contributed by atoms with Crippen LogP contribution >= 0.6 is 0 Å². The van der Waals surface area contributed by atoms with Gasteiger partial charge in [0.15, 0.2) is 0 Å². The maximum atomic E-state index is 5.85. The van der Waals surface area contributed by atoms with Gasteiger partial charge in [-0.05, 0) is 91.9 Å². The first-order valence-corrected chi connectivity index (χ1v) is 12.3. The zero-order valence-electron chi connectivity index (χ0n) is 19.4. The number of allylic oxidation sites excluding steroid dienone is 1. The van der Waals surface area contributed by atoms with Crippen LogP contribution in [0.1, 0.15) is 86.1 Å². The molecule has 3 rings (SSSR count). The first-order valence-electron chi connectivity index (χ1n) is 12.3. The number of hydrogen-bond acceptors (Lipinski definition) is 1. The van der Waals surface area contributed by atoms with Crippen LogP contribution in [0, 0.1) is 5.92 Å². The second-order valence-corrected chi connectivity index (χ2v) is 9.06. The molecule has 1 unspecified atom stereocenters. The first-order chi connectivity index (χ1) is 15.2. The summed E-state index contributed by atoms with van der Waals surface area (Å²) < 4.78 is 5.85. The predicted molar refractivity (Wildman–Crippen MR) is 134 cm³/mol. The Balaban J connectivity index is 1.39. The third kappa shape index (κ3) is 7.21. The van der Waals surface area contributed by atoms with Gasteiger partial charge in [-0.25, -0.2) is 0 Å². The third-order valence-electron chi connectivity index (χ3n) is 6.87. The van der Waals surface area contributed by atoms with Gasteiger partial charge in [-0.3, -0.25) is 0 Å². The minimum Gasteiger partial charge on any atom is -0.370 e. The third-order valence-corrected chi connectivity index (χ3v) is 6.87. The molecule has 0 amide bonds. The number of benzene rings is 2. The topological polar surface area (TPSA) is 9.23 Å². The van der Waals surface area contributed by atoms with Crippen LogP contribution in [0.4, 0.5) is 0 Å². The summed E-state index contributed by atoms with van der Waals surface area (Å²) in [5.41, 5.74) is 5.71.